The van der Waals surface area contributed by atoms with E-state index in [0.717, 1.165) is 25.9 Å². The predicted molar refractivity (Wildman–Crippen MR) is 91.0 cm³/mol. The number of cyclic esters (lactones) is 1. The molecule has 3 aromatic rings. The van der Waals surface area contributed by atoms with Crippen LogP contribution in [0.1, 0.15) is 16.1 Å². The van der Waals surface area contributed by atoms with E-state index in [9.17, 15) is 4.79 Å². The van der Waals surface area contributed by atoms with Crippen LogP contribution in [0.15, 0.2) is 29.8 Å². The van der Waals surface area contributed by atoms with Gasteiger partial charge < -0.3 is 10.5 Å². The van der Waals surface area contributed by atoms with Gasteiger partial charge in [0, 0.05) is 17.3 Å². The molecule has 1 aliphatic rings. The van der Waals surface area contributed by atoms with Crippen molar-refractivity contribution in [3.63, 3.8) is 0 Å². The van der Waals surface area contributed by atoms with Crippen LogP contribution in [0.2, 0.25) is 0 Å². The van der Waals surface area contributed by atoms with Crippen LogP contribution in [0.4, 0.5) is 10.5 Å². The molecule has 8 heteroatoms. The Bertz CT molecular complexity index is 862. The second-order valence-electron chi connectivity index (χ2n) is 5.31. The molecule has 6 nitrogen and oxygen atoms in total. The minimum atomic E-state index is -0.404. The maximum absolute atomic E-state index is 12.2. The molecule has 0 saturated carbocycles. The summed E-state index contributed by atoms with van der Waals surface area (Å²) in [5, 5.41) is 3.65. The van der Waals surface area contributed by atoms with Crippen LogP contribution in [-0.4, -0.2) is 28.7 Å². The van der Waals surface area contributed by atoms with Crippen LogP contribution < -0.4 is 10.6 Å². The summed E-state index contributed by atoms with van der Waals surface area (Å²) in [6.07, 6.45) is 0.934. The molecule has 2 aromatic heterocycles. The first kappa shape index (κ1) is 14.6. The molecule has 4 rings (SSSR count). The Labute approximate surface area is 140 Å². The third-order valence-electron chi connectivity index (χ3n) is 3.76. The quantitative estimate of drug-likeness (QED) is 0.788. The van der Waals surface area contributed by atoms with Gasteiger partial charge in [-0.2, -0.15) is 0 Å². The number of aryl methyl sites for hydroxylation is 1. The van der Waals surface area contributed by atoms with E-state index in [2.05, 4.69) is 9.97 Å². The molecule has 1 fully saturated rings. The first-order valence-electron chi connectivity index (χ1n) is 7.12. The van der Waals surface area contributed by atoms with Crippen LogP contribution in [0.3, 0.4) is 0 Å². The van der Waals surface area contributed by atoms with Gasteiger partial charge in [-0.25, -0.2) is 14.8 Å². The number of thiazole rings is 2. The van der Waals surface area contributed by atoms with Crippen LogP contribution in [0.5, 0.6) is 0 Å². The second kappa shape index (κ2) is 5.55. The number of aromatic nitrogens is 2. The molecule has 118 valence electrons. The summed E-state index contributed by atoms with van der Waals surface area (Å²) in [6, 6.07) is 5.38. The van der Waals surface area contributed by atoms with Crippen molar-refractivity contribution in [2.45, 2.75) is 19.1 Å². The number of anilines is 1. The molecule has 3 heterocycles. The fraction of sp³-hybridized carbons (Fsp3) is 0.267. The number of amides is 1. The fourth-order valence-corrected chi connectivity index (χ4v) is 4.19. The van der Waals surface area contributed by atoms with Crippen molar-refractivity contribution < 1.29 is 9.53 Å². The summed E-state index contributed by atoms with van der Waals surface area (Å²) in [5.41, 5.74) is 7.93. The molecule has 2 N–H and O–H groups in total. The number of carbonyl (C=O) groups is 1. The Hall–Kier alpha value is -2.03. The number of rotatable bonds is 3. The van der Waals surface area contributed by atoms with Crippen LogP contribution in [0.25, 0.3) is 10.2 Å². The van der Waals surface area contributed by atoms with Gasteiger partial charge in [0.2, 0.25) is 0 Å². The van der Waals surface area contributed by atoms with Crippen molar-refractivity contribution in [3.8, 4) is 0 Å². The van der Waals surface area contributed by atoms with Crippen molar-refractivity contribution in [3.05, 3.63) is 39.8 Å². The van der Waals surface area contributed by atoms with Gasteiger partial charge in [-0.3, -0.25) is 4.90 Å². The Morgan fingerprint density at radius 2 is 2.35 bits per heavy atom. The van der Waals surface area contributed by atoms with Crippen LogP contribution >= 0.6 is 22.7 Å². The summed E-state index contributed by atoms with van der Waals surface area (Å²) < 4.78 is 6.50. The zero-order valence-electron chi connectivity index (χ0n) is 12.3. The minimum Gasteiger partial charge on any atom is -0.442 e. The highest BCUT2D eigenvalue weighted by Crippen LogP contribution is 2.31. The Morgan fingerprint density at radius 1 is 1.48 bits per heavy atom. The predicted octanol–water partition coefficient (Wildman–Crippen LogP) is 3.09. The highest BCUT2D eigenvalue weighted by Gasteiger charge is 2.37. The molecule has 0 aliphatic carbocycles. The van der Waals surface area contributed by atoms with Gasteiger partial charge in [0.1, 0.15) is 11.1 Å². The first-order chi connectivity index (χ1) is 11.1. The largest absolute Gasteiger partial charge is 0.442 e. The lowest BCUT2D eigenvalue weighted by atomic mass is 10.1. The van der Waals surface area contributed by atoms with Gasteiger partial charge in [-0.1, -0.05) is 0 Å². The van der Waals surface area contributed by atoms with Gasteiger partial charge >= 0.3 is 6.09 Å². The number of hydrogen-bond donors (Lipinski definition) is 1. The molecular formula is C15H14N4O2S2. The molecule has 0 radical (unpaired) electrons. The molecule has 1 unspecified atom stereocenters. The van der Waals surface area contributed by atoms with E-state index >= 15 is 0 Å². The van der Waals surface area contributed by atoms with Gasteiger partial charge in [0.05, 0.1) is 27.8 Å². The summed E-state index contributed by atoms with van der Waals surface area (Å²) in [4.78, 5) is 22.5. The summed E-state index contributed by atoms with van der Waals surface area (Å²) >= 11 is 3.08. The first-order valence-corrected chi connectivity index (χ1v) is 8.82. The average Bonchev–Trinajstić information content (AvgIpc) is 3.23. The lowest BCUT2D eigenvalue weighted by molar-refractivity contribution is 0.127. The number of fused-ring (bicyclic) bond motifs is 1. The summed E-state index contributed by atoms with van der Waals surface area (Å²) in [7, 11) is 0. The standard InChI is InChI=1S/C15H14N4O2S2/c1-8-18-10-3-2-9(6-12(10)23-8)19-7-11(21-15(19)20)13(16)14-17-4-5-22-14/h2-6,11,13H,7,16H2,1H3/t11-,13?/m1/s1. The van der Waals surface area contributed by atoms with Gasteiger partial charge in [-0.15, -0.1) is 22.7 Å². The Kier molecular flexibility index (Phi) is 3.51. The minimum absolute atomic E-state index is 0.373. The topological polar surface area (TPSA) is 81.3 Å². The molecule has 1 saturated heterocycles. The number of nitrogens with zero attached hydrogens (tertiary/aromatic N) is 3. The number of hydrogen-bond acceptors (Lipinski definition) is 7. The van der Waals surface area contributed by atoms with Gasteiger partial charge in [-0.05, 0) is 25.1 Å². The number of benzene rings is 1. The lowest BCUT2D eigenvalue weighted by Gasteiger charge is -2.15. The van der Waals surface area contributed by atoms with Crippen molar-refractivity contribution >= 4 is 44.7 Å². The van der Waals surface area contributed by atoms with Gasteiger partial charge in [0.15, 0.2) is 0 Å². The second-order valence-corrected chi connectivity index (χ2v) is 7.47. The smallest absolute Gasteiger partial charge is 0.414 e. The van der Waals surface area contributed by atoms with E-state index in [1.807, 2.05) is 30.5 Å². The van der Waals surface area contributed by atoms with Crippen molar-refractivity contribution in [2.75, 3.05) is 11.4 Å². The highest BCUT2D eigenvalue weighted by atomic mass is 32.1. The third-order valence-corrected chi connectivity index (χ3v) is 5.57. The van der Waals surface area contributed by atoms with E-state index in [0.29, 0.717) is 6.54 Å². The Morgan fingerprint density at radius 3 is 3.13 bits per heavy atom. The molecule has 1 amide bonds. The number of carbonyl (C=O) groups excluding carboxylic acids is 1. The zero-order valence-corrected chi connectivity index (χ0v) is 13.9. The maximum Gasteiger partial charge on any atom is 0.414 e. The van der Waals surface area contributed by atoms with E-state index in [1.54, 1.807) is 22.4 Å². The maximum atomic E-state index is 12.2. The molecule has 1 aliphatic heterocycles. The van der Waals surface area contributed by atoms with E-state index < -0.39 is 12.1 Å². The van der Waals surface area contributed by atoms with Gasteiger partial charge in [0.25, 0.3) is 0 Å². The average molecular weight is 346 g/mol. The van der Waals surface area contributed by atoms with E-state index in [1.165, 1.54) is 11.3 Å². The molecule has 23 heavy (non-hydrogen) atoms. The summed E-state index contributed by atoms with van der Waals surface area (Å²) in [6.45, 7) is 2.39. The molecule has 0 spiro atoms. The normalized spacial score (nSPS) is 19.3. The third kappa shape index (κ3) is 2.58. The van der Waals surface area contributed by atoms with Crippen molar-refractivity contribution in [2.24, 2.45) is 5.73 Å². The molecular weight excluding hydrogens is 332 g/mol. The van der Waals surface area contributed by atoms with Crippen molar-refractivity contribution in [1.29, 1.82) is 0 Å². The van der Waals surface area contributed by atoms with E-state index in [4.69, 9.17) is 10.5 Å². The lowest BCUT2D eigenvalue weighted by Crippen LogP contribution is -2.30. The number of ether oxygens (including phenoxy) is 1. The monoisotopic (exact) mass is 346 g/mol. The summed E-state index contributed by atoms with van der Waals surface area (Å²) in [5.74, 6) is 0. The van der Waals surface area contributed by atoms with E-state index in [-0.39, 0.29) is 6.09 Å². The molecule has 2 atom stereocenters. The molecule has 0 bridgehead atoms. The van der Waals surface area contributed by atoms with Crippen LogP contribution in [0, 0.1) is 6.92 Å². The van der Waals surface area contributed by atoms with Crippen molar-refractivity contribution in [1.82, 2.24) is 9.97 Å². The molecule has 1 aromatic carbocycles. The highest BCUT2D eigenvalue weighted by molar-refractivity contribution is 7.18. The Balaban J connectivity index is 1.60. The fourth-order valence-electron chi connectivity index (χ4n) is 2.64. The number of nitrogens with two attached hydrogens (primary N) is 1. The zero-order chi connectivity index (χ0) is 16.0. The van der Waals surface area contributed by atoms with Crippen LogP contribution in [-0.2, 0) is 4.74 Å². The SMILES string of the molecule is Cc1nc2ccc(N3C[C@H](C(N)c4nccs4)OC3=O)cc2s1.